The summed E-state index contributed by atoms with van der Waals surface area (Å²) in [4.78, 5) is 46.7. The molecule has 0 spiro atoms. The van der Waals surface area contributed by atoms with E-state index in [1.807, 2.05) is 0 Å². The number of esters is 1. The van der Waals surface area contributed by atoms with Crippen molar-refractivity contribution in [2.45, 2.75) is 12.1 Å². The van der Waals surface area contributed by atoms with E-state index in [-0.39, 0.29) is 5.69 Å². The first kappa shape index (κ1) is 24.8. The fraction of sp³-hybridized carbons (Fsp3) is 0.100. The molecule has 2 aliphatic rings. The summed E-state index contributed by atoms with van der Waals surface area (Å²) >= 11 is 6.07. The van der Waals surface area contributed by atoms with Gasteiger partial charge in [-0.05, 0) is 78.4 Å². The average Bonchev–Trinajstić information content (AvgIpc) is 3.46. The average molecular weight is 543 g/mol. The van der Waals surface area contributed by atoms with Gasteiger partial charge in [-0.2, -0.15) is 0 Å². The molecular formula is C30H20ClFN2O5. The Morgan fingerprint density at radius 2 is 1.44 bits per heavy atom. The molecule has 2 aliphatic heterocycles. The molecule has 0 aromatic heterocycles. The van der Waals surface area contributed by atoms with E-state index < -0.39 is 41.7 Å². The summed E-state index contributed by atoms with van der Waals surface area (Å²) in [6.07, 6.45) is -1.08. The SMILES string of the molecule is O=C(Oc1ccc([C@H]2[C@H]3C(=O)N(c4ccc(F)cc4)C(=O)[C@@H]3ON2c2ccc(Cl)cc2)cc1)c1ccccc1. The van der Waals surface area contributed by atoms with E-state index >= 15 is 0 Å². The third-order valence-corrected chi connectivity index (χ3v) is 6.97. The minimum atomic E-state index is -1.08. The highest BCUT2D eigenvalue weighted by molar-refractivity contribution is 6.30. The normalized spacial score (nSPS) is 20.3. The maximum atomic E-state index is 13.7. The van der Waals surface area contributed by atoms with Crippen LogP contribution in [0.25, 0.3) is 0 Å². The number of rotatable bonds is 5. The number of benzene rings is 4. The smallest absolute Gasteiger partial charge is 0.343 e. The highest BCUT2D eigenvalue weighted by atomic mass is 35.5. The summed E-state index contributed by atoms with van der Waals surface area (Å²) in [5.41, 5.74) is 1.95. The van der Waals surface area contributed by atoms with E-state index in [0.717, 1.165) is 4.90 Å². The molecule has 2 heterocycles. The van der Waals surface area contributed by atoms with Crippen molar-refractivity contribution in [3.05, 3.63) is 125 Å². The lowest BCUT2D eigenvalue weighted by atomic mass is 9.90. The van der Waals surface area contributed by atoms with Gasteiger partial charge in [0.25, 0.3) is 5.91 Å². The second-order valence-corrected chi connectivity index (χ2v) is 9.55. The third-order valence-electron chi connectivity index (χ3n) is 6.72. The zero-order chi connectivity index (χ0) is 27.1. The maximum Gasteiger partial charge on any atom is 0.343 e. The number of anilines is 2. The molecule has 4 aromatic rings. The Bertz CT molecular complexity index is 1550. The second kappa shape index (κ2) is 9.98. The number of hydroxylamine groups is 1. The highest BCUT2D eigenvalue weighted by Crippen LogP contribution is 2.48. The zero-order valence-corrected chi connectivity index (χ0v) is 21.0. The van der Waals surface area contributed by atoms with Gasteiger partial charge in [-0.1, -0.05) is 41.9 Å². The summed E-state index contributed by atoms with van der Waals surface area (Å²) in [7, 11) is 0. The van der Waals surface area contributed by atoms with E-state index in [1.54, 1.807) is 78.9 Å². The number of imide groups is 1. The van der Waals surface area contributed by atoms with Crippen LogP contribution >= 0.6 is 11.6 Å². The van der Waals surface area contributed by atoms with Crippen LogP contribution in [0.15, 0.2) is 103 Å². The van der Waals surface area contributed by atoms with Gasteiger partial charge in [0.15, 0.2) is 6.10 Å². The van der Waals surface area contributed by atoms with Gasteiger partial charge in [-0.3, -0.25) is 14.4 Å². The number of amides is 2. The number of hydrogen-bond acceptors (Lipinski definition) is 6. The van der Waals surface area contributed by atoms with Crippen molar-refractivity contribution < 1.29 is 28.3 Å². The van der Waals surface area contributed by atoms with Gasteiger partial charge in [0.2, 0.25) is 5.91 Å². The van der Waals surface area contributed by atoms with Crippen LogP contribution < -0.4 is 14.7 Å². The zero-order valence-electron chi connectivity index (χ0n) is 20.2. The summed E-state index contributed by atoms with van der Waals surface area (Å²) in [6, 6.07) is 26.6. The van der Waals surface area contributed by atoms with Crippen molar-refractivity contribution in [1.82, 2.24) is 0 Å². The monoisotopic (exact) mass is 542 g/mol. The number of nitrogens with zero attached hydrogens (tertiary/aromatic N) is 2. The van der Waals surface area contributed by atoms with E-state index in [2.05, 4.69) is 0 Å². The Kier molecular flexibility index (Phi) is 6.34. The minimum Gasteiger partial charge on any atom is -0.423 e. The number of halogens is 2. The maximum absolute atomic E-state index is 13.7. The standard InChI is InChI=1S/C30H20ClFN2O5/c31-20-8-12-23(13-9-20)34-26(18-6-16-24(17-7-18)38-30(37)19-4-2-1-3-5-19)25-27(39-34)29(36)33(28(25)35)22-14-10-21(32)11-15-22/h1-17,25-27H/t25-,26+,27-/m1/s1. The summed E-state index contributed by atoms with van der Waals surface area (Å²) in [6.45, 7) is 0. The molecule has 7 nitrogen and oxygen atoms in total. The van der Waals surface area contributed by atoms with Crippen LogP contribution in [0.3, 0.4) is 0 Å². The molecule has 0 bridgehead atoms. The number of carbonyl (C=O) groups excluding carboxylic acids is 3. The molecule has 0 radical (unpaired) electrons. The van der Waals surface area contributed by atoms with Crippen LogP contribution in [0.1, 0.15) is 22.0 Å². The highest BCUT2D eigenvalue weighted by Gasteiger charge is 2.60. The van der Waals surface area contributed by atoms with Crippen LogP contribution in [0, 0.1) is 11.7 Å². The quantitative estimate of drug-likeness (QED) is 0.182. The number of ether oxygens (including phenoxy) is 1. The Labute approximate surface area is 227 Å². The summed E-state index contributed by atoms with van der Waals surface area (Å²) < 4.78 is 19.0. The largest absolute Gasteiger partial charge is 0.423 e. The summed E-state index contributed by atoms with van der Waals surface area (Å²) in [5, 5.41) is 2.06. The molecule has 4 aromatic carbocycles. The van der Waals surface area contributed by atoms with Gasteiger partial charge in [0.1, 0.15) is 17.5 Å². The van der Waals surface area contributed by atoms with Gasteiger partial charge in [-0.25, -0.2) is 19.1 Å². The topological polar surface area (TPSA) is 76.2 Å². The lowest BCUT2D eigenvalue weighted by Gasteiger charge is -2.29. The molecule has 2 amide bonds. The molecule has 2 fully saturated rings. The summed E-state index contributed by atoms with van der Waals surface area (Å²) in [5.74, 6) is -2.53. The molecule has 6 rings (SSSR count). The predicted octanol–water partition coefficient (Wildman–Crippen LogP) is 5.75. The minimum absolute atomic E-state index is 0.268. The Hall–Kier alpha value is -4.53. The lowest BCUT2D eigenvalue weighted by Crippen LogP contribution is -2.37. The van der Waals surface area contributed by atoms with E-state index in [0.29, 0.717) is 27.6 Å². The fourth-order valence-corrected chi connectivity index (χ4v) is 5.01. The Balaban J connectivity index is 1.33. The van der Waals surface area contributed by atoms with Crippen LogP contribution in [-0.2, 0) is 14.4 Å². The third kappa shape index (κ3) is 4.54. The van der Waals surface area contributed by atoms with E-state index in [1.165, 1.54) is 29.3 Å². The fourth-order valence-electron chi connectivity index (χ4n) is 4.88. The predicted molar refractivity (Wildman–Crippen MR) is 142 cm³/mol. The van der Waals surface area contributed by atoms with Crippen molar-refractivity contribution in [3.63, 3.8) is 0 Å². The Morgan fingerprint density at radius 3 is 2.10 bits per heavy atom. The Morgan fingerprint density at radius 1 is 0.795 bits per heavy atom. The molecule has 2 saturated heterocycles. The number of carbonyl (C=O) groups is 3. The van der Waals surface area contributed by atoms with Gasteiger partial charge in [0, 0.05) is 5.02 Å². The lowest BCUT2D eigenvalue weighted by molar-refractivity contribution is -0.126. The molecule has 9 heteroatoms. The molecule has 39 heavy (non-hydrogen) atoms. The van der Waals surface area contributed by atoms with Crippen molar-refractivity contribution >= 4 is 40.8 Å². The molecule has 0 saturated carbocycles. The number of fused-ring (bicyclic) bond motifs is 1. The van der Waals surface area contributed by atoms with Crippen molar-refractivity contribution in [2.24, 2.45) is 5.92 Å². The van der Waals surface area contributed by atoms with E-state index in [9.17, 15) is 18.8 Å². The molecule has 3 atom stereocenters. The van der Waals surface area contributed by atoms with Crippen LogP contribution in [0.5, 0.6) is 5.75 Å². The first-order valence-corrected chi connectivity index (χ1v) is 12.5. The van der Waals surface area contributed by atoms with Crippen molar-refractivity contribution in [1.29, 1.82) is 0 Å². The van der Waals surface area contributed by atoms with Gasteiger partial charge < -0.3 is 4.74 Å². The van der Waals surface area contributed by atoms with Crippen LogP contribution in [0.2, 0.25) is 5.02 Å². The molecule has 0 aliphatic carbocycles. The first-order chi connectivity index (χ1) is 18.9. The number of hydrogen-bond donors (Lipinski definition) is 0. The van der Waals surface area contributed by atoms with Crippen LogP contribution in [-0.4, -0.2) is 23.9 Å². The second-order valence-electron chi connectivity index (χ2n) is 9.11. The first-order valence-electron chi connectivity index (χ1n) is 12.1. The van der Waals surface area contributed by atoms with Crippen LogP contribution in [0.4, 0.5) is 15.8 Å². The molecule has 0 unspecified atom stereocenters. The van der Waals surface area contributed by atoms with Gasteiger partial charge in [0.05, 0.1) is 23.0 Å². The molecule has 194 valence electrons. The molecule has 0 N–H and O–H groups in total. The van der Waals surface area contributed by atoms with Crippen molar-refractivity contribution in [2.75, 3.05) is 9.96 Å². The molecular weight excluding hydrogens is 523 g/mol. The van der Waals surface area contributed by atoms with E-state index in [4.69, 9.17) is 21.2 Å². The van der Waals surface area contributed by atoms with Crippen molar-refractivity contribution in [3.8, 4) is 5.75 Å². The van der Waals surface area contributed by atoms with Gasteiger partial charge in [-0.15, -0.1) is 0 Å². The van der Waals surface area contributed by atoms with Gasteiger partial charge >= 0.3 is 5.97 Å².